The van der Waals surface area contributed by atoms with Crippen molar-refractivity contribution >= 4 is 38.9 Å². The van der Waals surface area contributed by atoms with Crippen molar-refractivity contribution in [1.29, 1.82) is 0 Å². The second kappa shape index (κ2) is 10.8. The van der Waals surface area contributed by atoms with Crippen LogP contribution < -0.4 is 16.7 Å². The molecular weight excluding hydrogens is 535 g/mol. The number of aryl methyl sites for hydroxylation is 1. The summed E-state index contributed by atoms with van der Waals surface area (Å²) in [6.07, 6.45) is 13.3. The van der Waals surface area contributed by atoms with Gasteiger partial charge in [0.05, 0.1) is 29.5 Å². The molecular formula is C25H28Cl2N6O3S. The molecule has 0 amide bonds. The van der Waals surface area contributed by atoms with E-state index >= 15 is 0 Å². The van der Waals surface area contributed by atoms with Crippen molar-refractivity contribution in [3.8, 4) is 5.69 Å². The van der Waals surface area contributed by atoms with Gasteiger partial charge in [-0.1, -0.05) is 17.2 Å². The number of alkyl halides is 1. The summed E-state index contributed by atoms with van der Waals surface area (Å²) in [5, 5.41) is 3.24. The van der Waals surface area contributed by atoms with Gasteiger partial charge in [-0.2, -0.15) is 4.98 Å². The third-order valence-corrected chi connectivity index (χ3v) is 7.27. The first-order chi connectivity index (χ1) is 17.4. The summed E-state index contributed by atoms with van der Waals surface area (Å²) in [6, 6.07) is 1.70. The molecule has 2 aromatic rings. The fraction of sp³-hybridized carbons (Fsp3) is 0.360. The third kappa shape index (κ3) is 6.49. The van der Waals surface area contributed by atoms with Crippen molar-refractivity contribution in [2.75, 3.05) is 17.8 Å². The van der Waals surface area contributed by atoms with Crippen LogP contribution in [0.5, 0.6) is 0 Å². The summed E-state index contributed by atoms with van der Waals surface area (Å²) in [6.45, 7) is 3.97. The average Bonchev–Trinajstić information content (AvgIpc) is 2.79. The minimum Gasteiger partial charge on any atom is -0.328 e. The molecule has 12 heteroatoms. The molecule has 196 valence electrons. The first kappa shape index (κ1) is 27.1. The fourth-order valence-corrected chi connectivity index (χ4v) is 5.28. The van der Waals surface area contributed by atoms with Crippen LogP contribution >= 0.6 is 23.2 Å². The summed E-state index contributed by atoms with van der Waals surface area (Å²) >= 11 is 12.9. The van der Waals surface area contributed by atoms with Gasteiger partial charge in [0.1, 0.15) is 0 Å². The van der Waals surface area contributed by atoms with Crippen LogP contribution in [0.1, 0.15) is 31.7 Å². The molecule has 0 spiro atoms. The van der Waals surface area contributed by atoms with E-state index in [0.717, 1.165) is 34.1 Å². The maximum absolute atomic E-state index is 13.7. The third-order valence-electron chi connectivity index (χ3n) is 5.91. The SMILES string of the molecule is CC1=C(Cn2c(NC3=CC=C(N=S(C)(C)=O)CC3Cl)nc(=O)n(-c3cncc(C)c3)c2=O)C=C(Cl)CC1. The van der Waals surface area contributed by atoms with Gasteiger partial charge in [0.15, 0.2) is 0 Å². The predicted molar refractivity (Wildman–Crippen MR) is 149 cm³/mol. The van der Waals surface area contributed by atoms with Crippen LogP contribution in [0, 0.1) is 6.92 Å². The van der Waals surface area contributed by atoms with Crippen LogP contribution in [0.15, 0.2) is 78.2 Å². The lowest BCUT2D eigenvalue weighted by molar-refractivity contribution is 0.646. The van der Waals surface area contributed by atoms with Crippen molar-refractivity contribution in [3.63, 3.8) is 0 Å². The Morgan fingerprint density at radius 1 is 1.19 bits per heavy atom. The minimum atomic E-state index is -2.33. The number of hydrogen-bond donors (Lipinski definition) is 1. The summed E-state index contributed by atoms with van der Waals surface area (Å²) in [4.78, 5) is 35.2. The normalized spacial score (nSPS) is 18.2. The van der Waals surface area contributed by atoms with Crippen LogP contribution in [-0.2, 0) is 16.3 Å². The highest BCUT2D eigenvalue weighted by molar-refractivity contribution is 7.92. The van der Waals surface area contributed by atoms with Crippen LogP contribution in [0.3, 0.4) is 0 Å². The smallest absolute Gasteiger partial charge is 0.328 e. The van der Waals surface area contributed by atoms with E-state index in [0.29, 0.717) is 28.5 Å². The number of nitrogens with zero attached hydrogens (tertiary/aromatic N) is 5. The average molecular weight is 564 g/mol. The first-order valence-corrected chi connectivity index (χ1v) is 14.8. The van der Waals surface area contributed by atoms with Gasteiger partial charge in [0, 0.05) is 45.6 Å². The van der Waals surface area contributed by atoms with E-state index < -0.39 is 26.5 Å². The molecule has 4 rings (SSSR count). The van der Waals surface area contributed by atoms with Crippen molar-refractivity contribution < 1.29 is 4.21 Å². The molecule has 2 heterocycles. The molecule has 2 aliphatic rings. The van der Waals surface area contributed by atoms with Crippen LogP contribution in [-0.4, -0.2) is 41.2 Å². The quantitative estimate of drug-likeness (QED) is 0.527. The Bertz CT molecular complexity index is 1620. The number of allylic oxidation sites excluding steroid dienone is 8. The molecule has 37 heavy (non-hydrogen) atoms. The molecule has 1 atom stereocenters. The zero-order valence-corrected chi connectivity index (χ0v) is 23.3. The van der Waals surface area contributed by atoms with Crippen molar-refractivity contribution in [3.05, 3.63) is 90.8 Å². The van der Waals surface area contributed by atoms with E-state index in [-0.39, 0.29) is 12.5 Å². The number of rotatable bonds is 6. The van der Waals surface area contributed by atoms with E-state index in [1.54, 1.807) is 36.9 Å². The van der Waals surface area contributed by atoms with Gasteiger partial charge in [-0.15, -0.1) is 11.6 Å². The molecule has 9 nitrogen and oxygen atoms in total. The van der Waals surface area contributed by atoms with Gasteiger partial charge in [0.25, 0.3) is 0 Å². The van der Waals surface area contributed by atoms with Gasteiger partial charge in [-0.25, -0.2) is 22.7 Å². The van der Waals surface area contributed by atoms with E-state index in [1.807, 2.05) is 19.9 Å². The Balaban J connectivity index is 1.84. The Hall–Kier alpha value is -2.95. The van der Waals surface area contributed by atoms with Crippen LogP contribution in [0.2, 0.25) is 0 Å². The highest BCUT2D eigenvalue weighted by atomic mass is 35.5. The number of pyridine rings is 1. The molecule has 1 unspecified atom stereocenters. The zero-order chi connectivity index (χ0) is 26.9. The Morgan fingerprint density at radius 2 is 1.95 bits per heavy atom. The molecule has 0 bridgehead atoms. The summed E-state index contributed by atoms with van der Waals surface area (Å²) in [7, 11) is -2.33. The maximum Gasteiger partial charge on any atom is 0.359 e. The lowest BCUT2D eigenvalue weighted by Gasteiger charge is -2.23. The zero-order valence-electron chi connectivity index (χ0n) is 21.0. The molecule has 0 radical (unpaired) electrons. The molecule has 2 aromatic heterocycles. The highest BCUT2D eigenvalue weighted by Crippen LogP contribution is 2.28. The second-order valence-electron chi connectivity index (χ2n) is 9.39. The molecule has 0 aromatic carbocycles. The monoisotopic (exact) mass is 562 g/mol. The Labute approximate surface area is 225 Å². The number of aromatic nitrogens is 4. The van der Waals surface area contributed by atoms with Crippen molar-refractivity contribution in [1.82, 2.24) is 19.1 Å². The summed E-state index contributed by atoms with van der Waals surface area (Å²) < 4.78 is 18.7. The lowest BCUT2D eigenvalue weighted by atomic mass is 9.99. The van der Waals surface area contributed by atoms with Gasteiger partial charge >= 0.3 is 11.4 Å². The number of anilines is 1. The molecule has 2 aliphatic carbocycles. The number of hydrogen-bond acceptors (Lipinski definition) is 7. The largest absolute Gasteiger partial charge is 0.359 e. The van der Waals surface area contributed by atoms with E-state index in [9.17, 15) is 13.8 Å². The lowest BCUT2D eigenvalue weighted by Crippen LogP contribution is -2.42. The maximum atomic E-state index is 13.7. The van der Waals surface area contributed by atoms with Crippen LogP contribution in [0.25, 0.3) is 5.69 Å². The minimum absolute atomic E-state index is 0.0581. The van der Waals surface area contributed by atoms with E-state index in [4.69, 9.17) is 23.2 Å². The van der Waals surface area contributed by atoms with Crippen molar-refractivity contribution in [2.24, 2.45) is 4.36 Å². The number of halogens is 2. The second-order valence-corrected chi connectivity index (χ2v) is 12.9. The highest BCUT2D eigenvalue weighted by Gasteiger charge is 2.22. The first-order valence-electron chi connectivity index (χ1n) is 11.6. The van der Waals surface area contributed by atoms with Crippen LogP contribution in [0.4, 0.5) is 5.95 Å². The molecule has 0 saturated carbocycles. The van der Waals surface area contributed by atoms with E-state index in [2.05, 4.69) is 19.6 Å². The topological polar surface area (TPSA) is 111 Å². The molecule has 1 N–H and O–H groups in total. The predicted octanol–water partition coefficient (Wildman–Crippen LogP) is 4.25. The Kier molecular flexibility index (Phi) is 7.91. The molecule has 0 saturated heterocycles. The fourth-order valence-electron chi connectivity index (χ4n) is 4.07. The summed E-state index contributed by atoms with van der Waals surface area (Å²) in [5.41, 5.74) is 2.92. The van der Waals surface area contributed by atoms with Crippen molar-refractivity contribution in [2.45, 2.75) is 45.0 Å². The number of nitrogens with one attached hydrogen (secondary N) is 1. The van der Waals surface area contributed by atoms with Gasteiger partial charge in [0.2, 0.25) is 5.95 Å². The molecule has 0 aliphatic heterocycles. The molecule has 0 fully saturated rings. The standard InChI is InChI=1S/C25H28Cl2N6O3S/c1-15-9-20(13-28-12-15)33-24(34)30-23(29-22-8-7-19(11-21(22)27)31-37(3,4)36)32(25(33)35)14-17-10-18(26)6-5-16(17)2/h7-10,12-13,21H,5-6,11,14H2,1-4H3,(H,29,30,34). The van der Waals surface area contributed by atoms with E-state index in [1.165, 1.54) is 10.8 Å². The van der Waals surface area contributed by atoms with Gasteiger partial charge in [-0.05, 0) is 62.1 Å². The summed E-state index contributed by atoms with van der Waals surface area (Å²) in [5.74, 6) is 0.0581. The van der Waals surface area contributed by atoms with Gasteiger partial charge < -0.3 is 5.32 Å². The Morgan fingerprint density at radius 3 is 2.62 bits per heavy atom. The van der Waals surface area contributed by atoms with Gasteiger partial charge in [-0.3, -0.25) is 9.55 Å².